The summed E-state index contributed by atoms with van der Waals surface area (Å²) in [6.07, 6.45) is 5.97. The van der Waals surface area contributed by atoms with Gasteiger partial charge >= 0.3 is 0 Å². The Balaban J connectivity index is 1.85. The van der Waals surface area contributed by atoms with E-state index >= 15 is 0 Å². The van der Waals surface area contributed by atoms with Crippen LogP contribution >= 0.6 is 0 Å². The summed E-state index contributed by atoms with van der Waals surface area (Å²) >= 11 is 0. The largest absolute Gasteiger partial charge is 0.342 e. The molecule has 2 rings (SSSR count). The van der Waals surface area contributed by atoms with Gasteiger partial charge in [0, 0.05) is 25.7 Å². The van der Waals surface area contributed by atoms with Gasteiger partial charge in [0.15, 0.2) is 0 Å². The Hall–Kier alpha value is -0.610. The van der Waals surface area contributed by atoms with E-state index in [1.807, 2.05) is 11.9 Å². The van der Waals surface area contributed by atoms with Gasteiger partial charge in [0.1, 0.15) is 0 Å². The molecular weight excluding hydrogens is 226 g/mol. The van der Waals surface area contributed by atoms with Crippen LogP contribution in [0.5, 0.6) is 0 Å². The SMILES string of the molecule is CCC1CCN(CC(=O)N(C)C2CC2)C(CN)C1. The summed E-state index contributed by atoms with van der Waals surface area (Å²) in [5.41, 5.74) is 5.87. The Bertz CT molecular complexity index is 291. The minimum Gasteiger partial charge on any atom is -0.342 e. The van der Waals surface area contributed by atoms with E-state index in [0.29, 0.717) is 25.2 Å². The van der Waals surface area contributed by atoms with Crippen molar-refractivity contribution in [2.24, 2.45) is 11.7 Å². The number of amides is 1. The van der Waals surface area contributed by atoms with E-state index in [1.165, 1.54) is 25.7 Å². The van der Waals surface area contributed by atoms with Crippen LogP contribution in [0.25, 0.3) is 0 Å². The van der Waals surface area contributed by atoms with Gasteiger partial charge in [-0.3, -0.25) is 9.69 Å². The number of hydrogen-bond acceptors (Lipinski definition) is 3. The lowest BCUT2D eigenvalue weighted by atomic mass is 9.89. The fourth-order valence-electron chi connectivity index (χ4n) is 2.96. The average Bonchev–Trinajstić information content (AvgIpc) is 3.22. The van der Waals surface area contributed by atoms with Crippen molar-refractivity contribution in [3.8, 4) is 0 Å². The van der Waals surface area contributed by atoms with Crippen LogP contribution in [-0.2, 0) is 4.79 Å². The van der Waals surface area contributed by atoms with E-state index in [4.69, 9.17) is 5.73 Å². The standard InChI is InChI=1S/C14H27N3O/c1-3-11-6-7-17(13(8-11)9-15)10-14(18)16(2)12-4-5-12/h11-13H,3-10,15H2,1-2H3. The fourth-order valence-corrected chi connectivity index (χ4v) is 2.96. The molecule has 1 aliphatic heterocycles. The Kier molecular flexibility index (Phi) is 4.62. The monoisotopic (exact) mass is 253 g/mol. The second kappa shape index (κ2) is 6.02. The van der Waals surface area contributed by atoms with Gasteiger partial charge in [-0.25, -0.2) is 0 Å². The minimum absolute atomic E-state index is 0.269. The summed E-state index contributed by atoms with van der Waals surface area (Å²) in [5.74, 6) is 1.07. The van der Waals surface area contributed by atoms with Crippen molar-refractivity contribution in [1.82, 2.24) is 9.80 Å². The van der Waals surface area contributed by atoms with Crippen molar-refractivity contribution in [2.75, 3.05) is 26.7 Å². The number of piperidine rings is 1. The van der Waals surface area contributed by atoms with Gasteiger partial charge < -0.3 is 10.6 Å². The van der Waals surface area contributed by atoms with Crippen LogP contribution in [0.3, 0.4) is 0 Å². The number of likely N-dealkylation sites (tertiary alicyclic amines) is 1. The molecule has 1 aliphatic carbocycles. The molecule has 0 spiro atoms. The third kappa shape index (κ3) is 3.23. The summed E-state index contributed by atoms with van der Waals surface area (Å²) in [6, 6.07) is 0.919. The van der Waals surface area contributed by atoms with Gasteiger partial charge in [-0.1, -0.05) is 13.3 Å². The molecule has 104 valence electrons. The number of carbonyl (C=O) groups excluding carboxylic acids is 1. The normalized spacial score (nSPS) is 29.3. The second-order valence-electron chi connectivity index (χ2n) is 5.89. The molecule has 0 aromatic carbocycles. The van der Waals surface area contributed by atoms with Crippen LogP contribution in [0, 0.1) is 5.92 Å². The molecule has 2 aliphatic rings. The van der Waals surface area contributed by atoms with Crippen molar-refractivity contribution in [2.45, 2.75) is 51.1 Å². The lowest BCUT2D eigenvalue weighted by Crippen LogP contribution is -2.50. The predicted octanol–water partition coefficient (Wildman–Crippen LogP) is 1.06. The first-order valence-corrected chi connectivity index (χ1v) is 7.35. The summed E-state index contributed by atoms with van der Waals surface area (Å²) in [4.78, 5) is 16.4. The number of likely N-dealkylation sites (N-methyl/N-ethyl adjacent to an activating group) is 1. The van der Waals surface area contributed by atoms with E-state index in [9.17, 15) is 4.79 Å². The summed E-state index contributed by atoms with van der Waals surface area (Å²) in [5, 5.41) is 0. The van der Waals surface area contributed by atoms with Crippen molar-refractivity contribution in [3.05, 3.63) is 0 Å². The van der Waals surface area contributed by atoms with Gasteiger partial charge in [0.2, 0.25) is 5.91 Å². The molecule has 1 saturated heterocycles. The predicted molar refractivity (Wildman–Crippen MR) is 73.2 cm³/mol. The first kappa shape index (κ1) is 13.8. The van der Waals surface area contributed by atoms with Crippen molar-refractivity contribution in [1.29, 1.82) is 0 Å². The molecule has 0 aromatic rings. The van der Waals surface area contributed by atoms with Gasteiger partial charge in [0.05, 0.1) is 6.54 Å². The second-order valence-corrected chi connectivity index (χ2v) is 5.89. The maximum atomic E-state index is 12.1. The smallest absolute Gasteiger partial charge is 0.236 e. The fraction of sp³-hybridized carbons (Fsp3) is 0.929. The van der Waals surface area contributed by atoms with Crippen molar-refractivity contribution < 1.29 is 4.79 Å². The quantitative estimate of drug-likeness (QED) is 0.797. The highest BCUT2D eigenvalue weighted by Crippen LogP contribution is 2.27. The lowest BCUT2D eigenvalue weighted by molar-refractivity contribution is -0.132. The Labute approximate surface area is 110 Å². The lowest BCUT2D eigenvalue weighted by Gasteiger charge is -2.39. The highest BCUT2D eigenvalue weighted by molar-refractivity contribution is 5.78. The molecule has 4 heteroatoms. The maximum absolute atomic E-state index is 12.1. The topological polar surface area (TPSA) is 49.6 Å². The van der Waals surface area contributed by atoms with Gasteiger partial charge in [-0.05, 0) is 38.1 Å². The molecule has 1 heterocycles. The Morgan fingerprint density at radius 3 is 2.67 bits per heavy atom. The maximum Gasteiger partial charge on any atom is 0.236 e. The van der Waals surface area contributed by atoms with Crippen molar-refractivity contribution in [3.63, 3.8) is 0 Å². The van der Waals surface area contributed by atoms with E-state index in [2.05, 4.69) is 11.8 Å². The molecule has 1 amide bonds. The molecule has 0 bridgehead atoms. The summed E-state index contributed by atoms with van der Waals surface area (Å²) in [7, 11) is 1.94. The molecular formula is C14H27N3O. The van der Waals surface area contributed by atoms with Gasteiger partial charge in [-0.15, -0.1) is 0 Å². The third-order valence-corrected chi connectivity index (χ3v) is 4.62. The van der Waals surface area contributed by atoms with Crippen LogP contribution in [-0.4, -0.2) is 54.5 Å². The van der Waals surface area contributed by atoms with Crippen LogP contribution in [0.2, 0.25) is 0 Å². The number of carbonyl (C=O) groups is 1. The van der Waals surface area contributed by atoms with Gasteiger partial charge in [0.25, 0.3) is 0 Å². The minimum atomic E-state index is 0.269. The third-order valence-electron chi connectivity index (χ3n) is 4.62. The number of nitrogens with two attached hydrogens (primary N) is 1. The van der Waals surface area contributed by atoms with Crippen molar-refractivity contribution >= 4 is 5.91 Å². The van der Waals surface area contributed by atoms with Gasteiger partial charge in [-0.2, -0.15) is 0 Å². The van der Waals surface area contributed by atoms with Crippen LogP contribution in [0.1, 0.15) is 39.0 Å². The molecule has 2 N–H and O–H groups in total. The molecule has 2 unspecified atom stereocenters. The van der Waals surface area contributed by atoms with E-state index < -0.39 is 0 Å². The van der Waals surface area contributed by atoms with Crippen LogP contribution in [0.4, 0.5) is 0 Å². The van der Waals surface area contributed by atoms with E-state index in [0.717, 1.165) is 18.9 Å². The molecule has 2 atom stereocenters. The molecule has 0 aromatic heterocycles. The van der Waals surface area contributed by atoms with Crippen LogP contribution < -0.4 is 5.73 Å². The molecule has 18 heavy (non-hydrogen) atoms. The average molecular weight is 253 g/mol. The summed E-state index contributed by atoms with van der Waals surface area (Å²) in [6.45, 7) is 4.52. The number of nitrogens with zero attached hydrogens (tertiary/aromatic N) is 2. The zero-order valence-electron chi connectivity index (χ0n) is 11.8. The molecule has 2 fully saturated rings. The highest BCUT2D eigenvalue weighted by Gasteiger charge is 2.33. The zero-order valence-corrected chi connectivity index (χ0v) is 11.8. The van der Waals surface area contributed by atoms with E-state index in [-0.39, 0.29) is 5.91 Å². The Morgan fingerprint density at radius 2 is 2.11 bits per heavy atom. The Morgan fingerprint density at radius 1 is 1.39 bits per heavy atom. The highest BCUT2D eigenvalue weighted by atomic mass is 16.2. The first-order valence-electron chi connectivity index (χ1n) is 7.35. The van der Waals surface area contributed by atoms with E-state index in [1.54, 1.807) is 0 Å². The molecule has 1 saturated carbocycles. The first-order chi connectivity index (χ1) is 8.65. The number of rotatable bonds is 5. The molecule has 4 nitrogen and oxygen atoms in total. The zero-order chi connectivity index (χ0) is 13.1. The summed E-state index contributed by atoms with van der Waals surface area (Å²) < 4.78 is 0. The van der Waals surface area contributed by atoms with Crippen LogP contribution in [0.15, 0.2) is 0 Å². The molecule has 0 radical (unpaired) electrons. The number of hydrogen-bond donors (Lipinski definition) is 1.